The first-order valence-electron chi connectivity index (χ1n) is 12.9. The van der Waals surface area contributed by atoms with E-state index >= 15 is 0 Å². The Balaban J connectivity index is 1.60. The Bertz CT molecular complexity index is 1120. The number of benzene rings is 1. The second kappa shape index (κ2) is 12.9. The molecule has 12 nitrogen and oxygen atoms in total. The maximum Gasteiger partial charge on any atom is 0.508 e. The largest absolute Gasteiger partial charge is 0.508 e. The van der Waals surface area contributed by atoms with E-state index in [0.717, 1.165) is 18.5 Å². The van der Waals surface area contributed by atoms with Crippen molar-refractivity contribution < 1.29 is 52.9 Å². The minimum Gasteiger partial charge on any atom is -0.494 e. The third-order valence-electron chi connectivity index (χ3n) is 6.89. The van der Waals surface area contributed by atoms with Crippen molar-refractivity contribution in [3.8, 4) is 11.6 Å². The summed E-state index contributed by atoms with van der Waals surface area (Å²) in [5.74, 6) is -0.278. The summed E-state index contributed by atoms with van der Waals surface area (Å²) < 4.78 is 48.1. The smallest absolute Gasteiger partial charge is 0.494 e. The number of carbonyl (C=O) groups excluding carboxylic acids is 1. The number of hydrogen-bond acceptors (Lipinski definition) is 11. The summed E-state index contributed by atoms with van der Waals surface area (Å²) in [6, 6.07) is 4.66. The number of aromatic nitrogens is 2. The highest BCUT2D eigenvalue weighted by Gasteiger charge is 2.46. The van der Waals surface area contributed by atoms with E-state index in [9.17, 15) is 24.5 Å². The zero-order valence-electron chi connectivity index (χ0n) is 22.1. The molecule has 1 unspecified atom stereocenters. The van der Waals surface area contributed by atoms with Gasteiger partial charge in [0.15, 0.2) is 11.6 Å². The SMILES string of the molecule is CCOC(=O)OC[C@H]1O[C@@H](Oc2nn(C3CCOCC3)c(C)c2Cc2ccc(OC)c(F)c2)[C@H](O)[C@@H](O)C1O. The highest BCUT2D eigenvalue weighted by Crippen LogP contribution is 2.33. The van der Waals surface area contributed by atoms with Crippen molar-refractivity contribution in [2.45, 2.75) is 69.9 Å². The zero-order chi connectivity index (χ0) is 28.1. The molecule has 2 saturated heterocycles. The molecule has 0 amide bonds. The number of carbonyl (C=O) groups is 1. The van der Waals surface area contributed by atoms with Gasteiger partial charge in [-0.15, -0.1) is 5.10 Å². The number of aliphatic hydroxyl groups is 3. The van der Waals surface area contributed by atoms with E-state index in [0.29, 0.717) is 24.3 Å². The Labute approximate surface area is 225 Å². The van der Waals surface area contributed by atoms with E-state index in [1.54, 1.807) is 13.0 Å². The number of nitrogens with zero attached hydrogens (tertiary/aromatic N) is 2. The Kier molecular flexibility index (Phi) is 9.62. The van der Waals surface area contributed by atoms with Gasteiger partial charge < -0.3 is 43.7 Å². The zero-order valence-corrected chi connectivity index (χ0v) is 22.1. The quantitative estimate of drug-likeness (QED) is 0.388. The fourth-order valence-electron chi connectivity index (χ4n) is 4.70. The first-order chi connectivity index (χ1) is 18.7. The summed E-state index contributed by atoms with van der Waals surface area (Å²) in [4.78, 5) is 11.6. The van der Waals surface area contributed by atoms with Gasteiger partial charge >= 0.3 is 6.16 Å². The van der Waals surface area contributed by atoms with Crippen LogP contribution in [0.3, 0.4) is 0 Å². The number of aliphatic hydroxyl groups excluding tert-OH is 3. The van der Waals surface area contributed by atoms with Gasteiger partial charge in [0.1, 0.15) is 31.0 Å². The first kappa shape index (κ1) is 29.0. The molecule has 2 aromatic rings. The molecule has 3 heterocycles. The van der Waals surface area contributed by atoms with Gasteiger partial charge in [0, 0.05) is 30.9 Å². The van der Waals surface area contributed by atoms with Crippen molar-refractivity contribution in [2.24, 2.45) is 0 Å². The van der Waals surface area contributed by atoms with Gasteiger partial charge in [0.2, 0.25) is 12.2 Å². The van der Waals surface area contributed by atoms with Crippen LogP contribution in [-0.2, 0) is 25.4 Å². The van der Waals surface area contributed by atoms with Crippen LogP contribution < -0.4 is 9.47 Å². The average Bonchev–Trinajstić information content (AvgIpc) is 3.23. The van der Waals surface area contributed by atoms with Crippen LogP contribution in [-0.4, -0.2) is 95.5 Å². The lowest BCUT2D eigenvalue weighted by Crippen LogP contribution is -2.60. The Morgan fingerprint density at radius 2 is 1.90 bits per heavy atom. The van der Waals surface area contributed by atoms with Crippen LogP contribution in [0.5, 0.6) is 11.6 Å². The van der Waals surface area contributed by atoms with Crippen LogP contribution in [0.25, 0.3) is 0 Å². The van der Waals surface area contributed by atoms with Crippen LogP contribution in [0.4, 0.5) is 9.18 Å². The van der Waals surface area contributed by atoms with Crippen molar-refractivity contribution in [3.63, 3.8) is 0 Å². The molecule has 3 N–H and O–H groups in total. The molecule has 0 saturated carbocycles. The van der Waals surface area contributed by atoms with Crippen molar-refractivity contribution in [1.29, 1.82) is 0 Å². The molecule has 216 valence electrons. The molecule has 0 radical (unpaired) electrons. The second-order valence-corrected chi connectivity index (χ2v) is 9.43. The second-order valence-electron chi connectivity index (χ2n) is 9.43. The van der Waals surface area contributed by atoms with Gasteiger partial charge in [-0.3, -0.25) is 4.68 Å². The third kappa shape index (κ3) is 6.61. The van der Waals surface area contributed by atoms with Gasteiger partial charge in [-0.2, -0.15) is 0 Å². The van der Waals surface area contributed by atoms with Crippen LogP contribution in [0.15, 0.2) is 18.2 Å². The summed E-state index contributed by atoms with van der Waals surface area (Å²) in [5, 5.41) is 36.1. The van der Waals surface area contributed by atoms with E-state index in [2.05, 4.69) is 5.10 Å². The highest BCUT2D eigenvalue weighted by molar-refractivity contribution is 5.59. The molecule has 2 aliphatic heterocycles. The van der Waals surface area contributed by atoms with Gasteiger partial charge in [-0.1, -0.05) is 6.07 Å². The van der Waals surface area contributed by atoms with Crippen molar-refractivity contribution in [2.75, 3.05) is 33.5 Å². The molecule has 5 atom stereocenters. The number of rotatable bonds is 9. The highest BCUT2D eigenvalue weighted by atomic mass is 19.1. The van der Waals surface area contributed by atoms with E-state index in [4.69, 9.17) is 28.4 Å². The summed E-state index contributed by atoms with van der Waals surface area (Å²) in [6.45, 7) is 4.28. The van der Waals surface area contributed by atoms with E-state index in [1.807, 2.05) is 11.6 Å². The van der Waals surface area contributed by atoms with Crippen molar-refractivity contribution >= 4 is 6.16 Å². The fraction of sp³-hybridized carbons (Fsp3) is 0.615. The number of halogens is 1. The molecule has 13 heteroatoms. The molecule has 0 spiro atoms. The third-order valence-corrected chi connectivity index (χ3v) is 6.89. The summed E-state index contributed by atoms with van der Waals surface area (Å²) in [7, 11) is 1.39. The maximum atomic E-state index is 14.4. The molecule has 2 fully saturated rings. The summed E-state index contributed by atoms with van der Waals surface area (Å²) >= 11 is 0. The Morgan fingerprint density at radius 1 is 1.15 bits per heavy atom. The lowest BCUT2D eigenvalue weighted by Gasteiger charge is -2.39. The van der Waals surface area contributed by atoms with Gasteiger partial charge in [-0.05, 0) is 44.4 Å². The average molecular weight is 555 g/mol. The fourth-order valence-corrected chi connectivity index (χ4v) is 4.70. The van der Waals surface area contributed by atoms with Crippen molar-refractivity contribution in [3.05, 3.63) is 40.8 Å². The molecular formula is C26H35FN2O10. The molecule has 0 aliphatic carbocycles. The van der Waals surface area contributed by atoms with Crippen LogP contribution in [0.1, 0.15) is 42.6 Å². The predicted octanol–water partition coefficient (Wildman–Crippen LogP) is 1.64. The Hall–Kier alpha value is -2.97. The van der Waals surface area contributed by atoms with E-state index < -0.39 is 49.3 Å². The van der Waals surface area contributed by atoms with Crippen LogP contribution in [0, 0.1) is 12.7 Å². The molecule has 2 aliphatic rings. The van der Waals surface area contributed by atoms with Crippen LogP contribution in [0.2, 0.25) is 0 Å². The number of ether oxygens (including phenoxy) is 6. The normalized spacial score (nSPS) is 25.8. The van der Waals surface area contributed by atoms with Gasteiger partial charge in [-0.25, -0.2) is 9.18 Å². The van der Waals surface area contributed by atoms with Crippen molar-refractivity contribution in [1.82, 2.24) is 9.78 Å². The van der Waals surface area contributed by atoms with E-state index in [-0.39, 0.29) is 30.7 Å². The van der Waals surface area contributed by atoms with Gasteiger partial charge in [0.05, 0.1) is 19.8 Å². The first-order valence-corrected chi connectivity index (χ1v) is 12.9. The monoisotopic (exact) mass is 554 g/mol. The summed E-state index contributed by atoms with van der Waals surface area (Å²) in [5.41, 5.74) is 2.04. The minimum atomic E-state index is -1.66. The lowest BCUT2D eigenvalue weighted by molar-refractivity contribution is -0.278. The molecule has 1 aromatic heterocycles. The maximum absolute atomic E-state index is 14.4. The lowest BCUT2D eigenvalue weighted by atomic mass is 9.99. The summed E-state index contributed by atoms with van der Waals surface area (Å²) in [6.07, 6.45) is -6.77. The van der Waals surface area contributed by atoms with Crippen LogP contribution >= 0.6 is 0 Å². The van der Waals surface area contributed by atoms with Gasteiger partial charge in [0.25, 0.3) is 0 Å². The minimum absolute atomic E-state index is 0.0396. The topological polar surface area (TPSA) is 151 Å². The molecule has 39 heavy (non-hydrogen) atoms. The molecular weight excluding hydrogens is 519 g/mol. The molecule has 4 rings (SSSR count). The predicted molar refractivity (Wildman–Crippen MR) is 132 cm³/mol. The number of hydrogen-bond donors (Lipinski definition) is 3. The standard InChI is InChI=1S/C26H35FN2O10/c1-4-36-26(33)37-13-20-21(30)22(31)23(32)25(38-20)39-24-17(11-15-5-6-19(34-3)18(27)12-15)14(2)29(28-24)16-7-9-35-10-8-16/h5-6,12,16,20-23,25,30-32H,4,7-11,13H2,1-3H3/t20-,21?,22+,23-,25+/m1/s1. The molecule has 0 bridgehead atoms. The Morgan fingerprint density at radius 3 is 2.56 bits per heavy atom. The molecule has 1 aromatic carbocycles. The number of methoxy groups -OCH3 is 1. The van der Waals surface area contributed by atoms with E-state index in [1.165, 1.54) is 19.2 Å².